The fraction of sp³-hybridized carbons (Fsp3) is 0.667. The van der Waals surface area contributed by atoms with Gasteiger partial charge in [-0.2, -0.15) is 4.31 Å². The van der Waals surface area contributed by atoms with E-state index in [1.165, 1.54) is 31.1 Å². The van der Waals surface area contributed by atoms with Crippen molar-refractivity contribution in [1.29, 1.82) is 0 Å². The molecular formula is C24H35N3O4S. The van der Waals surface area contributed by atoms with Gasteiger partial charge in [0.05, 0.1) is 4.90 Å². The van der Waals surface area contributed by atoms with Gasteiger partial charge in [0.2, 0.25) is 21.8 Å². The molecule has 0 bridgehead atoms. The van der Waals surface area contributed by atoms with E-state index >= 15 is 0 Å². The van der Waals surface area contributed by atoms with Gasteiger partial charge in [-0.15, -0.1) is 0 Å². The second-order valence-corrected chi connectivity index (χ2v) is 11.4. The minimum atomic E-state index is -3.56. The van der Waals surface area contributed by atoms with Crippen LogP contribution in [0, 0.1) is 0 Å². The summed E-state index contributed by atoms with van der Waals surface area (Å²) in [6.07, 6.45) is 11.0. The van der Waals surface area contributed by atoms with Crippen molar-refractivity contribution in [1.82, 2.24) is 9.62 Å². The van der Waals surface area contributed by atoms with E-state index in [1.54, 1.807) is 22.5 Å². The monoisotopic (exact) mass is 461 g/mol. The lowest BCUT2D eigenvalue weighted by atomic mass is 9.96. The van der Waals surface area contributed by atoms with Crippen LogP contribution in [0.15, 0.2) is 23.1 Å². The molecule has 1 saturated heterocycles. The molecule has 0 unspecified atom stereocenters. The summed E-state index contributed by atoms with van der Waals surface area (Å²) in [4.78, 5) is 27.4. The van der Waals surface area contributed by atoms with E-state index in [9.17, 15) is 18.0 Å². The van der Waals surface area contributed by atoms with Crippen LogP contribution in [0.1, 0.15) is 76.7 Å². The van der Waals surface area contributed by atoms with Crippen molar-refractivity contribution < 1.29 is 18.0 Å². The normalized spacial score (nSPS) is 23.3. The highest BCUT2D eigenvalue weighted by molar-refractivity contribution is 7.89. The molecule has 0 aromatic heterocycles. The molecule has 1 aliphatic carbocycles. The molecule has 2 heterocycles. The Morgan fingerprint density at radius 2 is 1.56 bits per heavy atom. The SMILES string of the molecule is CC(=O)N1c2ccc(S(=O)(=O)N3CCCCC3)cc2C[C@@H]1C(=O)NC1CCCCCCC1. The molecule has 2 aliphatic heterocycles. The first-order valence-corrected chi connectivity index (χ1v) is 13.5. The lowest BCUT2D eigenvalue weighted by Crippen LogP contribution is -2.50. The van der Waals surface area contributed by atoms with E-state index in [1.807, 2.05) is 0 Å². The molecule has 32 heavy (non-hydrogen) atoms. The zero-order valence-electron chi connectivity index (χ0n) is 19.0. The Morgan fingerprint density at radius 1 is 0.938 bits per heavy atom. The Balaban J connectivity index is 1.53. The number of carbonyl (C=O) groups is 2. The van der Waals surface area contributed by atoms with Gasteiger partial charge in [0.1, 0.15) is 6.04 Å². The molecule has 0 radical (unpaired) electrons. The molecule has 2 amide bonds. The minimum absolute atomic E-state index is 0.137. The maximum absolute atomic E-state index is 13.2. The average Bonchev–Trinajstić information content (AvgIpc) is 3.15. The molecule has 1 saturated carbocycles. The van der Waals surface area contributed by atoms with Gasteiger partial charge >= 0.3 is 0 Å². The number of fused-ring (bicyclic) bond motifs is 1. The fourth-order valence-corrected chi connectivity index (χ4v) is 6.91. The van der Waals surface area contributed by atoms with Gasteiger partial charge in [-0.05, 0) is 49.4 Å². The topological polar surface area (TPSA) is 86.8 Å². The van der Waals surface area contributed by atoms with Gasteiger partial charge in [0.15, 0.2) is 0 Å². The molecule has 0 spiro atoms. The molecule has 3 aliphatic rings. The summed E-state index contributed by atoms with van der Waals surface area (Å²) in [5.41, 5.74) is 1.39. The van der Waals surface area contributed by atoms with Gasteiger partial charge in [0.25, 0.3) is 0 Å². The molecule has 4 rings (SSSR count). The van der Waals surface area contributed by atoms with Crippen LogP contribution in [0.25, 0.3) is 0 Å². The predicted molar refractivity (Wildman–Crippen MR) is 124 cm³/mol. The highest BCUT2D eigenvalue weighted by atomic mass is 32.2. The molecule has 7 nitrogen and oxygen atoms in total. The van der Waals surface area contributed by atoms with Crippen molar-refractivity contribution in [3.05, 3.63) is 23.8 Å². The summed E-state index contributed by atoms with van der Waals surface area (Å²) in [6.45, 7) is 2.56. The van der Waals surface area contributed by atoms with Gasteiger partial charge in [-0.1, -0.05) is 38.5 Å². The molecule has 1 N–H and O–H groups in total. The van der Waals surface area contributed by atoms with Crippen molar-refractivity contribution in [2.45, 2.75) is 94.5 Å². The Hall–Kier alpha value is -1.93. The number of nitrogens with zero attached hydrogens (tertiary/aromatic N) is 2. The van der Waals surface area contributed by atoms with Crippen molar-refractivity contribution in [3.8, 4) is 0 Å². The van der Waals surface area contributed by atoms with Gasteiger partial charge in [-0.3, -0.25) is 14.5 Å². The Kier molecular flexibility index (Phi) is 7.20. The van der Waals surface area contributed by atoms with Gasteiger partial charge in [0, 0.05) is 38.2 Å². The molecule has 176 valence electrons. The maximum Gasteiger partial charge on any atom is 0.243 e. The molecule has 2 fully saturated rings. The number of amides is 2. The molecule has 1 atom stereocenters. The average molecular weight is 462 g/mol. The first-order valence-electron chi connectivity index (χ1n) is 12.1. The Labute approximate surface area is 191 Å². The summed E-state index contributed by atoms with van der Waals surface area (Å²) in [6, 6.07) is 4.46. The number of hydrogen-bond acceptors (Lipinski definition) is 4. The van der Waals surface area contributed by atoms with Gasteiger partial charge in [-0.25, -0.2) is 8.42 Å². The molecule has 1 aromatic carbocycles. The van der Waals surface area contributed by atoms with E-state index < -0.39 is 16.1 Å². The highest BCUT2D eigenvalue weighted by Gasteiger charge is 2.38. The standard InChI is InChI=1S/C24H35N3O4S/c1-18(28)27-22-13-12-21(32(30,31)26-14-8-5-9-15-26)16-19(22)17-23(27)24(29)25-20-10-6-3-2-4-7-11-20/h12-13,16,20,23H,2-11,14-15,17H2,1H3,(H,25,29)/t23-/m1/s1. The maximum atomic E-state index is 13.2. The number of hydrogen-bond donors (Lipinski definition) is 1. The van der Waals surface area contributed by atoms with Crippen LogP contribution in [0.3, 0.4) is 0 Å². The Bertz CT molecular complexity index is 948. The van der Waals surface area contributed by atoms with Crippen molar-refractivity contribution in [2.24, 2.45) is 0 Å². The molecular weight excluding hydrogens is 426 g/mol. The van der Waals surface area contributed by atoms with Crippen LogP contribution in [-0.2, 0) is 26.0 Å². The third-order valence-corrected chi connectivity index (χ3v) is 8.98. The summed E-state index contributed by atoms with van der Waals surface area (Å²) in [7, 11) is -3.56. The minimum Gasteiger partial charge on any atom is -0.352 e. The number of carbonyl (C=O) groups excluding carboxylic acids is 2. The largest absolute Gasteiger partial charge is 0.352 e. The number of rotatable bonds is 4. The first-order chi connectivity index (χ1) is 15.4. The molecule has 8 heteroatoms. The Morgan fingerprint density at radius 3 is 2.22 bits per heavy atom. The van der Waals surface area contributed by atoms with Crippen LogP contribution in [-0.4, -0.2) is 49.7 Å². The van der Waals surface area contributed by atoms with E-state index in [0.717, 1.165) is 50.5 Å². The second kappa shape index (κ2) is 9.91. The van der Waals surface area contributed by atoms with Crippen LogP contribution in [0.2, 0.25) is 0 Å². The number of piperidine rings is 1. The summed E-state index contributed by atoms with van der Waals surface area (Å²) in [5, 5.41) is 3.19. The summed E-state index contributed by atoms with van der Waals surface area (Å²) < 4.78 is 27.8. The number of sulfonamides is 1. The third-order valence-electron chi connectivity index (χ3n) is 7.08. The van der Waals surface area contributed by atoms with Crippen LogP contribution < -0.4 is 10.2 Å². The first kappa shape index (κ1) is 23.2. The van der Waals surface area contributed by atoms with Crippen LogP contribution in [0.4, 0.5) is 5.69 Å². The highest BCUT2D eigenvalue weighted by Crippen LogP contribution is 2.35. The lowest BCUT2D eigenvalue weighted by molar-refractivity contribution is -0.126. The van der Waals surface area contributed by atoms with Crippen molar-refractivity contribution in [2.75, 3.05) is 18.0 Å². The van der Waals surface area contributed by atoms with E-state index in [0.29, 0.717) is 25.2 Å². The quantitative estimate of drug-likeness (QED) is 0.745. The smallest absolute Gasteiger partial charge is 0.243 e. The lowest BCUT2D eigenvalue weighted by Gasteiger charge is -2.27. The van der Waals surface area contributed by atoms with E-state index in [-0.39, 0.29) is 22.8 Å². The van der Waals surface area contributed by atoms with E-state index in [2.05, 4.69) is 5.32 Å². The second-order valence-electron chi connectivity index (χ2n) is 9.41. The summed E-state index contributed by atoms with van der Waals surface area (Å²) >= 11 is 0. The third kappa shape index (κ3) is 4.86. The van der Waals surface area contributed by atoms with Crippen molar-refractivity contribution >= 4 is 27.5 Å². The number of nitrogens with one attached hydrogen (secondary N) is 1. The summed E-state index contributed by atoms with van der Waals surface area (Å²) in [5.74, 6) is -0.337. The zero-order chi connectivity index (χ0) is 22.7. The zero-order valence-corrected chi connectivity index (χ0v) is 19.8. The van der Waals surface area contributed by atoms with Crippen LogP contribution in [0.5, 0.6) is 0 Å². The number of benzene rings is 1. The van der Waals surface area contributed by atoms with Crippen LogP contribution >= 0.6 is 0 Å². The molecule has 1 aromatic rings. The fourth-order valence-electron chi connectivity index (χ4n) is 5.34. The van der Waals surface area contributed by atoms with E-state index in [4.69, 9.17) is 0 Å². The number of anilines is 1. The predicted octanol–water partition coefficient (Wildman–Crippen LogP) is 3.37. The van der Waals surface area contributed by atoms with Gasteiger partial charge < -0.3 is 5.32 Å². The van der Waals surface area contributed by atoms with Crippen molar-refractivity contribution in [3.63, 3.8) is 0 Å².